The second-order valence-corrected chi connectivity index (χ2v) is 8.99. The lowest BCUT2D eigenvalue weighted by molar-refractivity contribution is 0.0987. The molecule has 1 aromatic carbocycles. The molecule has 0 atom stereocenters. The average Bonchev–Trinajstić information content (AvgIpc) is 2.97. The number of sulfonamides is 1. The molecular formula is C21H24N2O4S. The summed E-state index contributed by atoms with van der Waals surface area (Å²) in [5, 5.41) is 5.20. The first-order valence-corrected chi connectivity index (χ1v) is 10.5. The van der Waals surface area contributed by atoms with Crippen molar-refractivity contribution in [2.45, 2.75) is 39.0 Å². The largest absolute Gasteiger partial charge is 0.463 e. The highest BCUT2D eigenvalue weighted by atomic mass is 32.2. The third-order valence-corrected chi connectivity index (χ3v) is 5.67. The van der Waals surface area contributed by atoms with Gasteiger partial charge in [0.05, 0.1) is 16.9 Å². The molecule has 7 heteroatoms. The number of Topliss-reactive ketones (excluding diaryl/α,β-unsaturated/α-hetero) is 1. The monoisotopic (exact) mass is 400 g/mol. The van der Waals surface area contributed by atoms with Crippen molar-refractivity contribution in [2.24, 2.45) is 10.6 Å². The SMILES string of the molecule is CCC(=O)c1cc(C2=CC(C)(C)C=CO2)n(-c2ccc(S(N)(=O)=O)cc2)c1C. The van der Waals surface area contributed by atoms with Crippen LogP contribution in [0.1, 0.15) is 48.9 Å². The van der Waals surface area contributed by atoms with Crippen LogP contribution in [-0.2, 0) is 14.8 Å². The molecule has 0 saturated heterocycles. The number of benzene rings is 1. The van der Waals surface area contributed by atoms with E-state index < -0.39 is 10.0 Å². The van der Waals surface area contributed by atoms with E-state index in [1.165, 1.54) is 12.1 Å². The number of hydrogen-bond acceptors (Lipinski definition) is 4. The molecule has 2 aromatic rings. The van der Waals surface area contributed by atoms with Crippen LogP contribution in [0.15, 0.2) is 53.6 Å². The number of nitrogens with zero attached hydrogens (tertiary/aromatic N) is 1. The fourth-order valence-corrected chi connectivity index (χ4v) is 3.73. The van der Waals surface area contributed by atoms with Crippen molar-refractivity contribution in [1.82, 2.24) is 4.57 Å². The number of hydrogen-bond donors (Lipinski definition) is 1. The Morgan fingerprint density at radius 3 is 2.39 bits per heavy atom. The summed E-state index contributed by atoms with van der Waals surface area (Å²) in [5.41, 5.74) is 2.64. The Morgan fingerprint density at radius 1 is 1.21 bits per heavy atom. The molecule has 3 rings (SSSR count). The van der Waals surface area contributed by atoms with Gasteiger partial charge in [0, 0.05) is 28.8 Å². The first-order chi connectivity index (χ1) is 13.0. The number of primary sulfonamides is 1. The first kappa shape index (κ1) is 20.1. The molecule has 0 aliphatic carbocycles. The van der Waals surface area contributed by atoms with Gasteiger partial charge in [-0.05, 0) is 49.4 Å². The number of allylic oxidation sites excluding steroid dienone is 2. The third kappa shape index (κ3) is 3.81. The molecule has 1 aliphatic rings. The van der Waals surface area contributed by atoms with Crippen molar-refractivity contribution in [1.29, 1.82) is 0 Å². The van der Waals surface area contributed by atoms with E-state index in [4.69, 9.17) is 9.88 Å². The number of aromatic nitrogens is 1. The van der Waals surface area contributed by atoms with E-state index in [1.54, 1.807) is 18.4 Å². The zero-order valence-electron chi connectivity index (χ0n) is 16.4. The molecule has 0 radical (unpaired) electrons. The van der Waals surface area contributed by atoms with Crippen LogP contribution < -0.4 is 5.14 Å². The van der Waals surface area contributed by atoms with E-state index in [9.17, 15) is 13.2 Å². The minimum absolute atomic E-state index is 0.0321. The fourth-order valence-electron chi connectivity index (χ4n) is 3.22. The zero-order valence-corrected chi connectivity index (χ0v) is 17.2. The highest BCUT2D eigenvalue weighted by Crippen LogP contribution is 2.34. The van der Waals surface area contributed by atoms with Gasteiger partial charge in [-0.25, -0.2) is 13.6 Å². The molecule has 148 valence electrons. The highest BCUT2D eigenvalue weighted by molar-refractivity contribution is 7.89. The van der Waals surface area contributed by atoms with Crippen LogP contribution in [0, 0.1) is 12.3 Å². The van der Waals surface area contributed by atoms with Gasteiger partial charge in [0.2, 0.25) is 10.0 Å². The van der Waals surface area contributed by atoms with Gasteiger partial charge in [0.1, 0.15) is 5.76 Å². The molecule has 6 nitrogen and oxygen atoms in total. The number of carbonyl (C=O) groups excluding carboxylic acids is 1. The Hall–Kier alpha value is -2.64. The molecule has 0 saturated carbocycles. The first-order valence-electron chi connectivity index (χ1n) is 9.00. The number of ketones is 1. The number of ether oxygens (including phenoxy) is 1. The predicted octanol–water partition coefficient (Wildman–Crippen LogP) is 3.94. The van der Waals surface area contributed by atoms with Crippen LogP contribution in [0.5, 0.6) is 0 Å². The summed E-state index contributed by atoms with van der Waals surface area (Å²) in [7, 11) is -3.78. The second kappa shape index (κ2) is 7.07. The highest BCUT2D eigenvalue weighted by Gasteiger charge is 2.25. The van der Waals surface area contributed by atoms with Crippen LogP contribution in [0.2, 0.25) is 0 Å². The van der Waals surface area contributed by atoms with Crippen LogP contribution in [0.25, 0.3) is 11.4 Å². The van der Waals surface area contributed by atoms with Crippen LogP contribution >= 0.6 is 0 Å². The summed E-state index contributed by atoms with van der Waals surface area (Å²) < 4.78 is 30.8. The molecule has 0 spiro atoms. The summed E-state index contributed by atoms with van der Waals surface area (Å²) in [4.78, 5) is 12.5. The standard InChI is InChI=1S/C21H24N2O4S/c1-5-19(24)17-12-18(20-13-21(3,4)10-11-27-20)23(14(17)2)15-6-8-16(9-7-15)28(22,25)26/h6-13H,5H2,1-4H3,(H2,22,25,26). The third-order valence-electron chi connectivity index (χ3n) is 4.74. The van der Waals surface area contributed by atoms with Gasteiger partial charge in [0.25, 0.3) is 0 Å². The Labute approximate surface area is 165 Å². The number of rotatable bonds is 5. The molecule has 28 heavy (non-hydrogen) atoms. The van der Waals surface area contributed by atoms with E-state index in [0.717, 1.165) is 11.4 Å². The minimum Gasteiger partial charge on any atom is -0.463 e. The molecule has 1 aliphatic heterocycles. The predicted molar refractivity (Wildman–Crippen MR) is 108 cm³/mol. The van der Waals surface area contributed by atoms with E-state index in [0.29, 0.717) is 23.4 Å². The summed E-state index contributed by atoms with van der Waals surface area (Å²) >= 11 is 0. The molecule has 0 unspecified atom stereocenters. The smallest absolute Gasteiger partial charge is 0.238 e. The van der Waals surface area contributed by atoms with Gasteiger partial charge in [-0.2, -0.15) is 0 Å². The van der Waals surface area contributed by atoms with E-state index in [2.05, 4.69) is 13.8 Å². The Bertz CT molecular complexity index is 1090. The van der Waals surface area contributed by atoms with Gasteiger partial charge >= 0.3 is 0 Å². The fraction of sp³-hybridized carbons (Fsp3) is 0.286. The maximum atomic E-state index is 12.4. The normalized spacial score (nSPS) is 15.8. The van der Waals surface area contributed by atoms with Crippen molar-refractivity contribution < 1.29 is 17.9 Å². The van der Waals surface area contributed by atoms with Gasteiger partial charge in [-0.3, -0.25) is 4.79 Å². The summed E-state index contributed by atoms with van der Waals surface area (Å²) in [6.45, 7) is 7.81. The maximum Gasteiger partial charge on any atom is 0.238 e. The van der Waals surface area contributed by atoms with Crippen LogP contribution in [-0.4, -0.2) is 18.8 Å². The van der Waals surface area contributed by atoms with Crippen LogP contribution in [0.3, 0.4) is 0 Å². The lowest BCUT2D eigenvalue weighted by atomic mass is 9.91. The topological polar surface area (TPSA) is 91.4 Å². The van der Waals surface area contributed by atoms with Crippen molar-refractivity contribution >= 4 is 21.6 Å². The van der Waals surface area contributed by atoms with Gasteiger partial charge in [-0.1, -0.05) is 20.8 Å². The van der Waals surface area contributed by atoms with Gasteiger partial charge in [0.15, 0.2) is 5.78 Å². The zero-order chi connectivity index (χ0) is 20.7. The van der Waals surface area contributed by atoms with Crippen molar-refractivity contribution in [3.05, 3.63) is 65.7 Å². The van der Waals surface area contributed by atoms with Crippen molar-refractivity contribution in [3.63, 3.8) is 0 Å². The lowest BCUT2D eigenvalue weighted by Gasteiger charge is -2.23. The molecular weight excluding hydrogens is 376 g/mol. The van der Waals surface area contributed by atoms with Gasteiger partial charge in [-0.15, -0.1) is 0 Å². The number of carbonyl (C=O) groups is 1. The Morgan fingerprint density at radius 2 is 1.86 bits per heavy atom. The summed E-state index contributed by atoms with van der Waals surface area (Å²) in [5.74, 6) is 0.672. The van der Waals surface area contributed by atoms with E-state index >= 15 is 0 Å². The lowest BCUT2D eigenvalue weighted by Crippen LogP contribution is -2.13. The summed E-state index contributed by atoms with van der Waals surface area (Å²) in [6, 6.07) is 8.07. The quantitative estimate of drug-likeness (QED) is 0.770. The second-order valence-electron chi connectivity index (χ2n) is 7.43. The minimum atomic E-state index is -3.78. The van der Waals surface area contributed by atoms with Gasteiger partial charge < -0.3 is 9.30 Å². The summed E-state index contributed by atoms with van der Waals surface area (Å²) in [6.07, 6.45) is 5.99. The molecule has 0 bridgehead atoms. The van der Waals surface area contributed by atoms with Crippen molar-refractivity contribution in [2.75, 3.05) is 0 Å². The molecule has 2 heterocycles. The van der Waals surface area contributed by atoms with Crippen molar-refractivity contribution in [3.8, 4) is 5.69 Å². The molecule has 1 aromatic heterocycles. The van der Waals surface area contributed by atoms with Crippen LogP contribution in [0.4, 0.5) is 0 Å². The molecule has 0 amide bonds. The number of nitrogens with two attached hydrogens (primary N) is 1. The average molecular weight is 401 g/mol. The Kier molecular flexibility index (Phi) is 5.08. The maximum absolute atomic E-state index is 12.4. The Balaban J connectivity index is 2.21. The van der Waals surface area contributed by atoms with E-state index in [1.807, 2.05) is 36.6 Å². The molecule has 2 N–H and O–H groups in total. The molecule has 0 fully saturated rings. The van der Waals surface area contributed by atoms with E-state index in [-0.39, 0.29) is 16.1 Å².